The molecule has 6 heteroatoms. The Morgan fingerprint density at radius 3 is 2.79 bits per heavy atom. The number of ether oxygens (including phenoxy) is 1. The van der Waals surface area contributed by atoms with E-state index in [-0.39, 0.29) is 18.0 Å². The van der Waals surface area contributed by atoms with Gasteiger partial charge >= 0.3 is 0 Å². The Hall–Kier alpha value is -1.40. The largest absolute Gasteiger partial charge is 0.379 e. The molecule has 1 aliphatic rings. The number of hydrogen-bond donors (Lipinski definition) is 1. The van der Waals surface area contributed by atoms with Crippen molar-refractivity contribution in [3.8, 4) is 0 Å². The fourth-order valence-electron chi connectivity index (χ4n) is 2.21. The molecule has 0 aromatic carbocycles. The number of nitrogens with one attached hydrogen (secondary N) is 1. The summed E-state index contributed by atoms with van der Waals surface area (Å²) in [6.45, 7) is 8.19. The lowest BCUT2D eigenvalue weighted by Crippen LogP contribution is -2.47. The minimum absolute atomic E-state index is 0.00413. The molecule has 2 atom stereocenters. The zero-order valence-electron chi connectivity index (χ0n) is 11.6. The molecule has 1 aliphatic heterocycles. The average Bonchev–Trinajstić information content (AvgIpc) is 2.92. The molecule has 0 unspecified atom stereocenters. The highest BCUT2D eigenvalue weighted by atomic mass is 16.5. The highest BCUT2D eigenvalue weighted by molar-refractivity contribution is 5.80. The molecule has 0 aliphatic carbocycles. The van der Waals surface area contributed by atoms with Crippen LogP contribution in [0.3, 0.4) is 0 Å². The highest BCUT2D eigenvalue weighted by Crippen LogP contribution is 2.04. The van der Waals surface area contributed by atoms with Crippen LogP contribution in [0.15, 0.2) is 18.5 Å². The third-order valence-corrected chi connectivity index (χ3v) is 3.33. The zero-order valence-corrected chi connectivity index (χ0v) is 11.6. The molecule has 2 rings (SSSR count). The van der Waals surface area contributed by atoms with E-state index in [2.05, 4.69) is 15.3 Å². The summed E-state index contributed by atoms with van der Waals surface area (Å²) in [6.07, 6.45) is 3.48. The van der Waals surface area contributed by atoms with Gasteiger partial charge in [-0.05, 0) is 19.9 Å². The second kappa shape index (κ2) is 6.68. The van der Waals surface area contributed by atoms with Gasteiger partial charge in [-0.15, -0.1) is 0 Å². The van der Waals surface area contributed by atoms with Gasteiger partial charge in [-0.2, -0.15) is 5.10 Å². The van der Waals surface area contributed by atoms with Crippen molar-refractivity contribution in [2.45, 2.75) is 25.9 Å². The van der Waals surface area contributed by atoms with Crippen molar-refractivity contribution >= 4 is 5.91 Å². The first-order chi connectivity index (χ1) is 9.16. The molecule has 0 bridgehead atoms. The quantitative estimate of drug-likeness (QED) is 0.831. The number of carbonyl (C=O) groups excluding carboxylic acids is 1. The smallest absolute Gasteiger partial charge is 0.244 e. The number of rotatable bonds is 5. The molecule has 0 radical (unpaired) electrons. The first-order valence-electron chi connectivity index (χ1n) is 6.76. The molecule has 6 nitrogen and oxygen atoms in total. The fourth-order valence-corrected chi connectivity index (χ4v) is 2.21. The maximum absolute atomic E-state index is 12.1. The Morgan fingerprint density at radius 2 is 2.16 bits per heavy atom. The standard InChI is InChI=1S/C13H22N4O2/c1-11(10-16-6-8-19-9-7-16)15-13(18)12(2)17-5-3-4-14-17/h3-5,11-12H,6-10H2,1-2H3,(H,15,18)/t11-,12+/m0/s1. The van der Waals surface area contributed by atoms with Crippen LogP contribution < -0.4 is 5.32 Å². The highest BCUT2D eigenvalue weighted by Gasteiger charge is 2.19. The van der Waals surface area contributed by atoms with Gasteiger partial charge in [-0.1, -0.05) is 0 Å². The van der Waals surface area contributed by atoms with Crippen LogP contribution in [0.4, 0.5) is 0 Å². The van der Waals surface area contributed by atoms with Crippen LogP contribution in [0.5, 0.6) is 0 Å². The van der Waals surface area contributed by atoms with Crippen LogP contribution in [0.1, 0.15) is 19.9 Å². The normalized spacial score (nSPS) is 19.9. The summed E-state index contributed by atoms with van der Waals surface area (Å²) in [4.78, 5) is 14.4. The Bertz CT molecular complexity index is 387. The van der Waals surface area contributed by atoms with Gasteiger partial charge in [0.25, 0.3) is 0 Å². The van der Waals surface area contributed by atoms with Crippen LogP contribution in [-0.4, -0.2) is 59.5 Å². The first-order valence-corrected chi connectivity index (χ1v) is 6.76. The van der Waals surface area contributed by atoms with E-state index in [9.17, 15) is 4.79 Å². The molecule has 19 heavy (non-hydrogen) atoms. The van der Waals surface area contributed by atoms with Gasteiger partial charge in [0.1, 0.15) is 6.04 Å². The van der Waals surface area contributed by atoms with E-state index < -0.39 is 0 Å². The monoisotopic (exact) mass is 266 g/mol. The lowest BCUT2D eigenvalue weighted by atomic mass is 10.2. The second-order valence-electron chi connectivity index (χ2n) is 4.98. The molecule has 1 N–H and O–H groups in total. The number of nitrogens with zero attached hydrogens (tertiary/aromatic N) is 3. The van der Waals surface area contributed by atoms with Crippen molar-refractivity contribution in [2.24, 2.45) is 0 Å². The predicted molar refractivity (Wildman–Crippen MR) is 71.8 cm³/mol. The number of amides is 1. The minimum Gasteiger partial charge on any atom is -0.379 e. The van der Waals surface area contributed by atoms with E-state index in [1.165, 1.54) is 0 Å². The number of morpholine rings is 1. The van der Waals surface area contributed by atoms with Gasteiger partial charge in [-0.25, -0.2) is 0 Å². The van der Waals surface area contributed by atoms with Crippen molar-refractivity contribution < 1.29 is 9.53 Å². The third-order valence-electron chi connectivity index (χ3n) is 3.33. The van der Waals surface area contributed by atoms with Crippen LogP contribution in [0, 0.1) is 0 Å². The van der Waals surface area contributed by atoms with Crippen molar-refractivity contribution in [1.29, 1.82) is 0 Å². The van der Waals surface area contributed by atoms with Crippen LogP contribution in [0.2, 0.25) is 0 Å². The summed E-state index contributed by atoms with van der Waals surface area (Å²) < 4.78 is 6.97. The molecular formula is C13H22N4O2. The molecule has 106 valence electrons. The van der Waals surface area contributed by atoms with Crippen LogP contribution in [0.25, 0.3) is 0 Å². The molecule has 1 saturated heterocycles. The number of hydrogen-bond acceptors (Lipinski definition) is 4. The maximum Gasteiger partial charge on any atom is 0.244 e. The zero-order chi connectivity index (χ0) is 13.7. The van der Waals surface area contributed by atoms with Crippen molar-refractivity contribution in [3.05, 3.63) is 18.5 Å². The van der Waals surface area contributed by atoms with Crippen molar-refractivity contribution in [1.82, 2.24) is 20.0 Å². The van der Waals surface area contributed by atoms with Crippen molar-refractivity contribution in [2.75, 3.05) is 32.8 Å². The van der Waals surface area contributed by atoms with E-state index in [0.717, 1.165) is 32.8 Å². The van der Waals surface area contributed by atoms with E-state index in [1.54, 1.807) is 17.1 Å². The number of carbonyl (C=O) groups is 1. The van der Waals surface area contributed by atoms with Gasteiger partial charge < -0.3 is 10.1 Å². The number of aromatic nitrogens is 2. The molecule has 0 saturated carbocycles. The van der Waals surface area contributed by atoms with Gasteiger partial charge in [-0.3, -0.25) is 14.4 Å². The van der Waals surface area contributed by atoms with Gasteiger partial charge in [0, 0.05) is 38.1 Å². The SMILES string of the molecule is C[C@H](C(=O)N[C@@H](C)CN1CCOCC1)n1cccn1. The molecule has 1 amide bonds. The van der Waals surface area contributed by atoms with Gasteiger partial charge in [0.2, 0.25) is 5.91 Å². The summed E-state index contributed by atoms with van der Waals surface area (Å²) in [7, 11) is 0. The molecular weight excluding hydrogens is 244 g/mol. The molecule has 1 aromatic rings. The lowest BCUT2D eigenvalue weighted by Gasteiger charge is -2.29. The molecule has 1 fully saturated rings. The maximum atomic E-state index is 12.1. The summed E-state index contributed by atoms with van der Waals surface area (Å²) in [5.74, 6) is 0.00413. The van der Waals surface area contributed by atoms with Crippen LogP contribution in [-0.2, 0) is 9.53 Å². The van der Waals surface area contributed by atoms with E-state index in [0.29, 0.717) is 0 Å². The Labute approximate surface area is 113 Å². The van der Waals surface area contributed by atoms with Gasteiger partial charge in [0.15, 0.2) is 0 Å². The molecule has 0 spiro atoms. The lowest BCUT2D eigenvalue weighted by molar-refractivity contribution is -0.124. The Morgan fingerprint density at radius 1 is 1.42 bits per heavy atom. The first kappa shape index (κ1) is 14.0. The topological polar surface area (TPSA) is 59.4 Å². The Balaban J connectivity index is 1.77. The summed E-state index contributed by atoms with van der Waals surface area (Å²) in [5.41, 5.74) is 0. The summed E-state index contributed by atoms with van der Waals surface area (Å²) >= 11 is 0. The summed E-state index contributed by atoms with van der Waals surface area (Å²) in [5, 5.41) is 7.12. The Kier molecular flexibility index (Phi) is 4.93. The third kappa shape index (κ3) is 4.04. The predicted octanol–water partition coefficient (Wildman–Crippen LogP) is 0.281. The molecule has 2 heterocycles. The summed E-state index contributed by atoms with van der Waals surface area (Å²) in [6, 6.07) is 1.67. The van der Waals surface area contributed by atoms with Crippen molar-refractivity contribution in [3.63, 3.8) is 0 Å². The van der Waals surface area contributed by atoms with E-state index >= 15 is 0 Å². The average molecular weight is 266 g/mol. The van der Waals surface area contributed by atoms with Crippen LogP contribution >= 0.6 is 0 Å². The van der Waals surface area contributed by atoms with E-state index in [4.69, 9.17) is 4.74 Å². The molecule has 1 aromatic heterocycles. The minimum atomic E-state index is -0.276. The fraction of sp³-hybridized carbons (Fsp3) is 0.692. The second-order valence-corrected chi connectivity index (χ2v) is 4.98. The van der Waals surface area contributed by atoms with E-state index in [1.807, 2.05) is 19.9 Å². The van der Waals surface area contributed by atoms with Gasteiger partial charge in [0.05, 0.1) is 13.2 Å².